The number of piperidine rings is 1. The summed E-state index contributed by atoms with van der Waals surface area (Å²) in [6.45, 7) is 1.96. The monoisotopic (exact) mass is 558 g/mol. The van der Waals surface area contributed by atoms with Gasteiger partial charge in [0, 0.05) is 31.0 Å². The van der Waals surface area contributed by atoms with Gasteiger partial charge in [-0.3, -0.25) is 9.59 Å². The predicted octanol–water partition coefficient (Wildman–Crippen LogP) is 3.88. The van der Waals surface area contributed by atoms with Crippen molar-refractivity contribution >= 4 is 33.3 Å². The normalized spacial score (nSPS) is 14.2. The quantitative estimate of drug-likeness (QED) is 0.403. The van der Waals surface area contributed by atoms with Crippen molar-refractivity contribution < 1.29 is 31.5 Å². The third-order valence-electron chi connectivity index (χ3n) is 6.60. The molecule has 0 aliphatic carbocycles. The molecule has 1 saturated heterocycles. The van der Waals surface area contributed by atoms with Gasteiger partial charge in [0.25, 0.3) is 15.9 Å². The zero-order valence-corrected chi connectivity index (χ0v) is 22.2. The van der Waals surface area contributed by atoms with Crippen LogP contribution in [0.3, 0.4) is 0 Å². The number of aromatic nitrogens is 1. The fraction of sp³-hybridized carbons (Fsp3) is 0.296. The summed E-state index contributed by atoms with van der Waals surface area (Å²) in [6, 6.07) is 11.6. The van der Waals surface area contributed by atoms with Gasteiger partial charge < -0.3 is 15.0 Å². The highest BCUT2D eigenvalue weighted by atomic mass is 32.2. The number of benzene rings is 2. The first kappa shape index (κ1) is 28.1. The molecule has 206 valence electrons. The first-order valence-electron chi connectivity index (χ1n) is 12.2. The highest BCUT2D eigenvalue weighted by Crippen LogP contribution is 2.31. The standard InChI is InChI=1S/C27H28F2N4O5S/c1-17-13-21(29)7-8-23(17)32-24-14-25(39(36,37)31-16-26(34)38-2)30-15-22(24)27(35)33-11-9-19(10-12-33)18-3-5-20(28)6-4-18/h3-8,13-15,19,31H,9-12,16H2,1-2H3,(H,30,32). The molecule has 0 spiro atoms. The number of aryl methyl sites for hydroxylation is 1. The molecule has 12 heteroatoms. The Bertz CT molecular complexity index is 1470. The molecule has 1 aromatic heterocycles. The second-order valence-corrected chi connectivity index (χ2v) is 10.9. The van der Waals surface area contributed by atoms with E-state index in [1.807, 2.05) is 0 Å². The lowest BCUT2D eigenvalue weighted by Crippen LogP contribution is -2.38. The minimum atomic E-state index is -4.22. The number of carbonyl (C=O) groups excluding carboxylic acids is 2. The molecule has 1 aliphatic rings. The predicted molar refractivity (Wildman–Crippen MR) is 140 cm³/mol. The van der Waals surface area contributed by atoms with Crippen LogP contribution in [-0.2, 0) is 19.6 Å². The fourth-order valence-corrected chi connectivity index (χ4v) is 5.31. The van der Waals surface area contributed by atoms with Crippen molar-refractivity contribution in [2.45, 2.75) is 30.7 Å². The number of pyridine rings is 1. The summed E-state index contributed by atoms with van der Waals surface area (Å²) in [5.74, 6) is -1.70. The van der Waals surface area contributed by atoms with Crippen molar-refractivity contribution in [3.8, 4) is 0 Å². The van der Waals surface area contributed by atoms with Crippen molar-refractivity contribution in [2.75, 3.05) is 32.1 Å². The van der Waals surface area contributed by atoms with Crippen molar-refractivity contribution in [1.29, 1.82) is 0 Å². The minimum absolute atomic E-state index is 0.130. The number of esters is 1. The van der Waals surface area contributed by atoms with Gasteiger partial charge in [-0.2, -0.15) is 4.72 Å². The van der Waals surface area contributed by atoms with Crippen LogP contribution >= 0.6 is 0 Å². The van der Waals surface area contributed by atoms with Gasteiger partial charge in [-0.15, -0.1) is 0 Å². The Balaban J connectivity index is 1.60. The number of nitrogens with one attached hydrogen (secondary N) is 2. The molecule has 0 radical (unpaired) electrons. The molecular formula is C27H28F2N4O5S. The molecule has 0 bridgehead atoms. The molecule has 0 saturated carbocycles. The van der Waals surface area contributed by atoms with Gasteiger partial charge in [-0.25, -0.2) is 22.2 Å². The first-order valence-corrected chi connectivity index (χ1v) is 13.7. The Kier molecular flexibility index (Phi) is 8.56. The van der Waals surface area contributed by atoms with E-state index in [1.165, 1.54) is 42.6 Å². The van der Waals surface area contributed by atoms with Crippen LogP contribution in [-0.4, -0.2) is 56.9 Å². The smallest absolute Gasteiger partial charge is 0.320 e. The van der Waals surface area contributed by atoms with Crippen LogP contribution in [0.15, 0.2) is 59.8 Å². The number of hydrogen-bond acceptors (Lipinski definition) is 7. The average Bonchev–Trinajstić information content (AvgIpc) is 2.93. The summed E-state index contributed by atoms with van der Waals surface area (Å²) in [6.07, 6.45) is 2.52. The zero-order chi connectivity index (χ0) is 28.2. The topological polar surface area (TPSA) is 118 Å². The molecule has 1 fully saturated rings. The van der Waals surface area contributed by atoms with E-state index in [0.717, 1.165) is 12.7 Å². The van der Waals surface area contributed by atoms with Gasteiger partial charge in [0.15, 0.2) is 5.03 Å². The molecule has 1 amide bonds. The average molecular weight is 559 g/mol. The molecule has 0 unspecified atom stereocenters. The van der Waals surface area contributed by atoms with E-state index in [2.05, 4.69) is 19.8 Å². The van der Waals surface area contributed by atoms with Gasteiger partial charge in [0.05, 0.1) is 18.4 Å². The SMILES string of the molecule is COC(=O)CNS(=O)(=O)c1cc(Nc2ccc(F)cc2C)c(C(=O)N2CCC(c3ccc(F)cc3)CC2)cn1. The lowest BCUT2D eigenvalue weighted by Gasteiger charge is -2.32. The molecular weight excluding hydrogens is 530 g/mol. The number of carbonyl (C=O) groups is 2. The Morgan fingerprint density at radius 1 is 1.03 bits per heavy atom. The summed E-state index contributed by atoms with van der Waals surface area (Å²) in [5.41, 5.74) is 2.30. The van der Waals surface area contributed by atoms with Crippen LogP contribution < -0.4 is 10.0 Å². The fourth-order valence-electron chi connectivity index (χ4n) is 4.39. The van der Waals surface area contributed by atoms with E-state index in [-0.39, 0.29) is 28.9 Å². The lowest BCUT2D eigenvalue weighted by atomic mass is 9.89. The number of methoxy groups -OCH3 is 1. The Morgan fingerprint density at radius 3 is 2.33 bits per heavy atom. The number of rotatable bonds is 8. The number of likely N-dealkylation sites (tertiary alicyclic amines) is 1. The minimum Gasteiger partial charge on any atom is -0.468 e. The van der Waals surface area contributed by atoms with Gasteiger partial charge >= 0.3 is 5.97 Å². The van der Waals surface area contributed by atoms with Gasteiger partial charge in [0.1, 0.15) is 18.2 Å². The summed E-state index contributed by atoms with van der Waals surface area (Å²) >= 11 is 0. The van der Waals surface area contributed by atoms with E-state index >= 15 is 0 Å². The Labute approximate surface area is 225 Å². The second-order valence-electron chi connectivity index (χ2n) is 9.17. The highest BCUT2D eigenvalue weighted by molar-refractivity contribution is 7.89. The molecule has 9 nitrogen and oxygen atoms in total. The number of sulfonamides is 1. The molecule has 4 rings (SSSR count). The lowest BCUT2D eigenvalue weighted by molar-refractivity contribution is -0.139. The van der Waals surface area contributed by atoms with Crippen molar-refractivity contribution in [2.24, 2.45) is 0 Å². The number of hydrogen-bond donors (Lipinski definition) is 2. The van der Waals surface area contributed by atoms with Crippen LogP contribution in [0.2, 0.25) is 0 Å². The largest absolute Gasteiger partial charge is 0.468 e. The van der Waals surface area contributed by atoms with Crippen LogP contribution in [0.25, 0.3) is 0 Å². The van der Waals surface area contributed by atoms with Crippen LogP contribution in [0.4, 0.5) is 20.2 Å². The summed E-state index contributed by atoms with van der Waals surface area (Å²) in [4.78, 5) is 30.6. The molecule has 2 N–H and O–H groups in total. The third kappa shape index (κ3) is 6.76. The van der Waals surface area contributed by atoms with Crippen LogP contribution in [0.1, 0.15) is 40.2 Å². The molecule has 2 heterocycles. The number of ether oxygens (including phenoxy) is 1. The van der Waals surface area contributed by atoms with E-state index in [1.54, 1.807) is 24.0 Å². The summed E-state index contributed by atoms with van der Waals surface area (Å²) in [5, 5.41) is 2.63. The van der Waals surface area contributed by atoms with E-state index in [0.29, 0.717) is 37.2 Å². The maximum absolute atomic E-state index is 13.7. The number of halogens is 2. The summed E-state index contributed by atoms with van der Waals surface area (Å²) in [7, 11) is -3.09. The third-order valence-corrected chi connectivity index (χ3v) is 7.90. The van der Waals surface area contributed by atoms with Gasteiger partial charge in [0.2, 0.25) is 0 Å². The molecule has 1 aliphatic heterocycles. The second kappa shape index (κ2) is 11.9. The first-order chi connectivity index (χ1) is 18.6. The molecule has 2 aromatic carbocycles. The van der Waals surface area contributed by atoms with E-state index < -0.39 is 33.4 Å². The van der Waals surface area contributed by atoms with E-state index in [9.17, 15) is 26.8 Å². The van der Waals surface area contributed by atoms with Crippen LogP contribution in [0.5, 0.6) is 0 Å². The van der Waals surface area contributed by atoms with Crippen molar-refractivity contribution in [1.82, 2.24) is 14.6 Å². The molecule has 0 atom stereocenters. The molecule has 3 aromatic rings. The maximum Gasteiger partial charge on any atom is 0.320 e. The van der Waals surface area contributed by atoms with Crippen molar-refractivity contribution in [3.05, 3.63) is 83.1 Å². The number of amides is 1. The number of nitrogens with zero attached hydrogens (tertiary/aromatic N) is 2. The Morgan fingerprint density at radius 2 is 1.69 bits per heavy atom. The van der Waals surface area contributed by atoms with Gasteiger partial charge in [-0.1, -0.05) is 12.1 Å². The molecule has 39 heavy (non-hydrogen) atoms. The highest BCUT2D eigenvalue weighted by Gasteiger charge is 2.28. The van der Waals surface area contributed by atoms with Crippen LogP contribution in [0, 0.1) is 18.6 Å². The summed E-state index contributed by atoms with van der Waals surface area (Å²) < 4.78 is 59.1. The Hall–Kier alpha value is -3.90. The van der Waals surface area contributed by atoms with Gasteiger partial charge in [-0.05, 0) is 67.1 Å². The number of anilines is 2. The zero-order valence-electron chi connectivity index (χ0n) is 21.4. The van der Waals surface area contributed by atoms with Crippen molar-refractivity contribution in [3.63, 3.8) is 0 Å². The maximum atomic E-state index is 13.7. The van der Waals surface area contributed by atoms with E-state index in [4.69, 9.17) is 0 Å².